The van der Waals surface area contributed by atoms with Gasteiger partial charge in [0.15, 0.2) is 0 Å². The van der Waals surface area contributed by atoms with E-state index in [1.54, 1.807) is 6.92 Å². The standard InChI is InChI=1S/C20H25NO2.C19H20O.C2H6O.ClH/c1-3-23-20(22)15(2)13-19(21)14-16-9-11-18(12-10-16)17-7-5-4-6-8-17;1-14-11-16(13-19(14)20)12-15-7-9-18(10-8-15)17-5-3-2-4-6-17;1-2-3;/h4-12,15,19H,3,13-14,21H2,1-2H3;2-10,14,16H,11-13H2,1H3;3H,2H2,1H3;1H/t15-,19+;14-,16+;;/m11../s1. The minimum atomic E-state index is -0.164. The number of aliphatic hydroxyl groups excluding tert-OH is 1. The van der Waals surface area contributed by atoms with E-state index in [2.05, 4.69) is 91.9 Å². The lowest BCUT2D eigenvalue weighted by Gasteiger charge is -2.16. The van der Waals surface area contributed by atoms with E-state index in [0.717, 1.165) is 25.7 Å². The highest BCUT2D eigenvalue weighted by Crippen LogP contribution is 2.30. The van der Waals surface area contributed by atoms with Gasteiger partial charge in [-0.3, -0.25) is 9.59 Å². The summed E-state index contributed by atoms with van der Waals surface area (Å²) >= 11 is 0. The molecule has 0 heterocycles. The molecule has 6 heteroatoms. The van der Waals surface area contributed by atoms with Gasteiger partial charge in [0.2, 0.25) is 0 Å². The molecular weight excluding hydrogens is 606 g/mol. The summed E-state index contributed by atoms with van der Waals surface area (Å²) in [5.41, 5.74) is 13.6. The Labute approximate surface area is 288 Å². The van der Waals surface area contributed by atoms with Crippen LogP contribution in [0.15, 0.2) is 109 Å². The first-order chi connectivity index (χ1) is 22.2. The molecule has 0 saturated heterocycles. The first kappa shape index (κ1) is 39.4. The van der Waals surface area contributed by atoms with Crippen molar-refractivity contribution in [1.29, 1.82) is 0 Å². The van der Waals surface area contributed by atoms with E-state index >= 15 is 0 Å². The summed E-state index contributed by atoms with van der Waals surface area (Å²) in [5, 5.41) is 7.57. The zero-order valence-corrected chi connectivity index (χ0v) is 29.1. The Kier molecular flexibility index (Phi) is 17.8. The van der Waals surface area contributed by atoms with Crippen molar-refractivity contribution in [3.05, 3.63) is 120 Å². The van der Waals surface area contributed by atoms with Crippen molar-refractivity contribution in [2.75, 3.05) is 13.2 Å². The van der Waals surface area contributed by atoms with Crippen LogP contribution in [0.5, 0.6) is 0 Å². The third kappa shape index (κ3) is 13.5. The van der Waals surface area contributed by atoms with Crippen LogP contribution in [0.4, 0.5) is 0 Å². The fourth-order valence-electron chi connectivity index (χ4n) is 5.84. The molecular formula is C41H52ClNO4. The van der Waals surface area contributed by atoms with E-state index in [1.807, 2.05) is 38.1 Å². The van der Waals surface area contributed by atoms with Gasteiger partial charge in [-0.2, -0.15) is 0 Å². The number of hydrogen-bond donors (Lipinski definition) is 2. The maximum absolute atomic E-state index is 11.7. The predicted octanol–water partition coefficient (Wildman–Crippen LogP) is 8.74. The van der Waals surface area contributed by atoms with Crippen molar-refractivity contribution in [3.8, 4) is 22.3 Å². The SMILES string of the molecule is CCO.CCOC(=O)[C@H](C)C[C@H](N)Cc1ccc(-c2ccccc2)cc1.C[C@@H]1C[C@@H](Cc2ccc(-c3ccccc3)cc2)CC1=O.Cl. The molecule has 3 N–H and O–H groups in total. The summed E-state index contributed by atoms with van der Waals surface area (Å²) in [6, 6.07) is 37.9. The number of esters is 1. The van der Waals surface area contributed by atoms with Crippen molar-refractivity contribution in [1.82, 2.24) is 0 Å². The predicted molar refractivity (Wildman–Crippen MR) is 196 cm³/mol. The summed E-state index contributed by atoms with van der Waals surface area (Å²) in [7, 11) is 0. The molecule has 1 aliphatic carbocycles. The van der Waals surface area contributed by atoms with Gasteiger partial charge in [-0.15, -0.1) is 12.4 Å². The van der Waals surface area contributed by atoms with Crippen molar-refractivity contribution >= 4 is 24.2 Å². The van der Waals surface area contributed by atoms with Gasteiger partial charge in [0.05, 0.1) is 12.5 Å². The zero-order valence-electron chi connectivity index (χ0n) is 28.3. The fraction of sp³-hybridized carbons (Fsp3) is 0.366. The minimum Gasteiger partial charge on any atom is -0.466 e. The Morgan fingerprint density at radius 1 is 0.809 bits per heavy atom. The molecule has 0 radical (unpaired) electrons. The van der Waals surface area contributed by atoms with Gasteiger partial charge in [0.25, 0.3) is 0 Å². The van der Waals surface area contributed by atoms with Crippen LogP contribution in [0.3, 0.4) is 0 Å². The molecule has 252 valence electrons. The van der Waals surface area contributed by atoms with Crippen LogP contribution in [0.2, 0.25) is 0 Å². The number of ether oxygens (including phenoxy) is 1. The normalized spacial score (nSPS) is 16.3. The van der Waals surface area contributed by atoms with Crippen LogP contribution < -0.4 is 5.73 Å². The number of Topliss-reactive ketones (excluding diaryl/α,β-unsaturated/α-hetero) is 1. The minimum absolute atomic E-state index is 0. The van der Waals surface area contributed by atoms with Gasteiger partial charge in [0, 0.05) is 25.0 Å². The largest absolute Gasteiger partial charge is 0.466 e. The lowest BCUT2D eigenvalue weighted by molar-refractivity contribution is -0.147. The highest BCUT2D eigenvalue weighted by molar-refractivity contribution is 5.85. The molecule has 1 aliphatic rings. The Morgan fingerprint density at radius 2 is 1.26 bits per heavy atom. The highest BCUT2D eigenvalue weighted by Gasteiger charge is 2.28. The molecule has 4 aromatic carbocycles. The van der Waals surface area contributed by atoms with Crippen molar-refractivity contribution in [2.45, 2.75) is 65.8 Å². The second-order valence-corrected chi connectivity index (χ2v) is 12.2. The average Bonchev–Trinajstić information content (AvgIpc) is 3.39. The number of aliphatic hydroxyl groups is 1. The lowest BCUT2D eigenvalue weighted by Crippen LogP contribution is -2.29. The number of nitrogens with two attached hydrogens (primary N) is 1. The van der Waals surface area contributed by atoms with E-state index < -0.39 is 0 Å². The second kappa shape index (κ2) is 21.2. The van der Waals surface area contributed by atoms with E-state index in [4.69, 9.17) is 15.6 Å². The molecule has 0 aromatic heterocycles. The third-order valence-corrected chi connectivity index (χ3v) is 8.22. The summed E-state index contributed by atoms with van der Waals surface area (Å²) in [6.07, 6.45) is 4.25. The molecule has 5 nitrogen and oxygen atoms in total. The molecule has 4 aromatic rings. The summed E-state index contributed by atoms with van der Waals surface area (Å²) in [6.45, 7) is 8.09. The molecule has 0 amide bonds. The van der Waals surface area contributed by atoms with Gasteiger partial charge in [-0.25, -0.2) is 0 Å². The third-order valence-electron chi connectivity index (χ3n) is 8.22. The average molecular weight is 658 g/mol. The van der Waals surface area contributed by atoms with Crippen molar-refractivity contribution in [3.63, 3.8) is 0 Å². The van der Waals surface area contributed by atoms with Crippen LogP contribution in [0, 0.1) is 17.8 Å². The Hall–Kier alpha value is -3.77. The van der Waals surface area contributed by atoms with Crippen LogP contribution >= 0.6 is 12.4 Å². The molecule has 0 spiro atoms. The number of carbonyl (C=O) groups excluding carboxylic acids is 2. The smallest absolute Gasteiger partial charge is 0.308 e. The second-order valence-electron chi connectivity index (χ2n) is 12.2. The van der Waals surface area contributed by atoms with Crippen molar-refractivity contribution in [2.24, 2.45) is 23.5 Å². The first-order valence-electron chi connectivity index (χ1n) is 16.6. The molecule has 4 atom stereocenters. The lowest BCUT2D eigenvalue weighted by atomic mass is 9.95. The maximum atomic E-state index is 11.7. The molecule has 5 rings (SSSR count). The first-order valence-corrected chi connectivity index (χ1v) is 16.6. The highest BCUT2D eigenvalue weighted by atomic mass is 35.5. The zero-order chi connectivity index (χ0) is 33.3. The number of ketones is 1. The molecule has 1 saturated carbocycles. The van der Waals surface area contributed by atoms with E-state index in [0.29, 0.717) is 24.7 Å². The quantitative estimate of drug-likeness (QED) is 0.167. The Morgan fingerprint density at radius 3 is 1.68 bits per heavy atom. The van der Waals surface area contributed by atoms with Gasteiger partial charge < -0.3 is 15.6 Å². The Bertz CT molecular complexity index is 1440. The van der Waals surface area contributed by atoms with Crippen LogP contribution in [0.1, 0.15) is 58.1 Å². The van der Waals surface area contributed by atoms with Crippen LogP contribution in [0.25, 0.3) is 22.3 Å². The monoisotopic (exact) mass is 657 g/mol. The van der Waals surface area contributed by atoms with Gasteiger partial charge in [0.1, 0.15) is 5.78 Å². The number of benzene rings is 4. The van der Waals surface area contributed by atoms with Crippen molar-refractivity contribution < 1.29 is 19.4 Å². The number of carbonyl (C=O) groups is 2. The van der Waals surface area contributed by atoms with Crippen LogP contribution in [-0.4, -0.2) is 36.1 Å². The topological polar surface area (TPSA) is 89.6 Å². The molecule has 0 bridgehead atoms. The molecule has 0 unspecified atom stereocenters. The fourth-order valence-corrected chi connectivity index (χ4v) is 5.84. The summed E-state index contributed by atoms with van der Waals surface area (Å²) in [4.78, 5) is 23.3. The molecule has 1 fully saturated rings. The van der Waals surface area contributed by atoms with Crippen LogP contribution in [-0.2, 0) is 27.2 Å². The Balaban J connectivity index is 0.000000298. The number of hydrogen-bond acceptors (Lipinski definition) is 5. The van der Waals surface area contributed by atoms with Gasteiger partial charge in [-0.05, 0) is 78.8 Å². The summed E-state index contributed by atoms with van der Waals surface area (Å²) < 4.78 is 5.02. The van der Waals surface area contributed by atoms with Gasteiger partial charge >= 0.3 is 5.97 Å². The van der Waals surface area contributed by atoms with E-state index in [1.165, 1.54) is 33.4 Å². The van der Waals surface area contributed by atoms with Gasteiger partial charge in [-0.1, -0.05) is 123 Å². The van der Waals surface area contributed by atoms with E-state index in [-0.39, 0.29) is 42.9 Å². The maximum Gasteiger partial charge on any atom is 0.308 e. The number of halogens is 1. The summed E-state index contributed by atoms with van der Waals surface area (Å²) in [5.74, 6) is 0.926. The molecule has 47 heavy (non-hydrogen) atoms. The molecule has 0 aliphatic heterocycles. The number of rotatable bonds is 10. The van der Waals surface area contributed by atoms with E-state index in [9.17, 15) is 9.59 Å².